The van der Waals surface area contributed by atoms with Crippen LogP contribution < -0.4 is 15.5 Å². The summed E-state index contributed by atoms with van der Waals surface area (Å²) in [5.74, 6) is 0.597. The molecular weight excluding hydrogens is 431 g/mol. The maximum absolute atomic E-state index is 13.3. The standard InChI is InChI=1S/C27H33FN4O2/c1-27(2,3)20-6-10-22(11-7-20)30-26(33)29-19-24(25-5-4-18-34-25)32-16-14-31(15-17-32)23-12-8-21(28)9-13-23/h4-13,18,24H,14-17,19H2,1-3H3,(H2,29,30,33). The highest BCUT2D eigenvalue weighted by Gasteiger charge is 2.27. The van der Waals surface area contributed by atoms with E-state index in [1.807, 2.05) is 48.5 Å². The van der Waals surface area contributed by atoms with Gasteiger partial charge in [-0.05, 0) is 59.5 Å². The van der Waals surface area contributed by atoms with Crippen LogP contribution in [0.3, 0.4) is 0 Å². The number of hydrogen-bond donors (Lipinski definition) is 2. The quantitative estimate of drug-likeness (QED) is 0.513. The number of urea groups is 1. The van der Waals surface area contributed by atoms with Crippen LogP contribution in [0.5, 0.6) is 0 Å². The monoisotopic (exact) mass is 464 g/mol. The molecule has 0 spiro atoms. The third kappa shape index (κ3) is 5.97. The first-order valence-electron chi connectivity index (χ1n) is 11.7. The van der Waals surface area contributed by atoms with Gasteiger partial charge in [-0.1, -0.05) is 32.9 Å². The fourth-order valence-corrected chi connectivity index (χ4v) is 4.25. The van der Waals surface area contributed by atoms with Crippen molar-refractivity contribution >= 4 is 17.4 Å². The second-order valence-electron chi connectivity index (χ2n) is 9.69. The highest BCUT2D eigenvalue weighted by Crippen LogP contribution is 2.25. The van der Waals surface area contributed by atoms with Crippen LogP contribution in [0.4, 0.5) is 20.6 Å². The molecule has 4 rings (SSSR count). The van der Waals surface area contributed by atoms with Crippen LogP contribution in [0, 0.1) is 5.82 Å². The number of carbonyl (C=O) groups is 1. The number of nitrogens with zero attached hydrogens (tertiary/aromatic N) is 2. The van der Waals surface area contributed by atoms with E-state index in [2.05, 4.69) is 41.2 Å². The Morgan fingerprint density at radius 2 is 1.68 bits per heavy atom. The minimum absolute atomic E-state index is 0.0672. The Labute approximate surface area is 200 Å². The van der Waals surface area contributed by atoms with Gasteiger partial charge in [0.2, 0.25) is 0 Å². The Bertz CT molecular complexity index is 1050. The number of rotatable bonds is 6. The van der Waals surface area contributed by atoms with Crippen molar-refractivity contribution in [3.8, 4) is 0 Å². The van der Waals surface area contributed by atoms with Crippen molar-refractivity contribution in [2.24, 2.45) is 0 Å². The van der Waals surface area contributed by atoms with Crippen molar-refractivity contribution in [3.05, 3.63) is 84.1 Å². The van der Waals surface area contributed by atoms with Gasteiger partial charge in [-0.15, -0.1) is 0 Å². The fraction of sp³-hybridized carbons (Fsp3) is 0.370. The molecule has 6 nitrogen and oxygen atoms in total. The Kier molecular flexibility index (Phi) is 7.22. The molecule has 1 aliphatic heterocycles. The Balaban J connectivity index is 1.34. The highest BCUT2D eigenvalue weighted by molar-refractivity contribution is 5.89. The lowest BCUT2D eigenvalue weighted by atomic mass is 9.87. The third-order valence-corrected chi connectivity index (χ3v) is 6.28. The van der Waals surface area contributed by atoms with E-state index in [1.54, 1.807) is 6.26 Å². The van der Waals surface area contributed by atoms with Crippen LogP contribution in [-0.2, 0) is 5.41 Å². The topological polar surface area (TPSA) is 60.8 Å². The minimum Gasteiger partial charge on any atom is -0.468 e. The molecule has 7 heteroatoms. The van der Waals surface area contributed by atoms with E-state index in [9.17, 15) is 9.18 Å². The van der Waals surface area contributed by atoms with Crippen molar-refractivity contribution in [1.82, 2.24) is 10.2 Å². The van der Waals surface area contributed by atoms with Crippen molar-refractivity contribution in [1.29, 1.82) is 0 Å². The molecule has 3 aromatic rings. The van der Waals surface area contributed by atoms with Crippen LogP contribution in [0.1, 0.15) is 38.1 Å². The molecule has 2 aromatic carbocycles. The first-order chi connectivity index (χ1) is 16.3. The van der Waals surface area contributed by atoms with Gasteiger partial charge in [0, 0.05) is 44.1 Å². The molecule has 180 valence electrons. The summed E-state index contributed by atoms with van der Waals surface area (Å²) in [5.41, 5.74) is 3.06. The number of benzene rings is 2. The molecule has 0 bridgehead atoms. The second kappa shape index (κ2) is 10.3. The van der Waals surface area contributed by atoms with Crippen LogP contribution in [-0.4, -0.2) is 43.7 Å². The van der Waals surface area contributed by atoms with E-state index >= 15 is 0 Å². The molecule has 34 heavy (non-hydrogen) atoms. The number of carbonyl (C=O) groups excluding carboxylic acids is 1. The zero-order chi connectivity index (χ0) is 24.1. The van der Waals surface area contributed by atoms with E-state index in [1.165, 1.54) is 17.7 Å². The van der Waals surface area contributed by atoms with Gasteiger partial charge in [-0.2, -0.15) is 0 Å². The minimum atomic E-state index is -0.245. The Morgan fingerprint density at radius 1 is 1.00 bits per heavy atom. The van der Waals surface area contributed by atoms with Gasteiger partial charge >= 0.3 is 6.03 Å². The fourth-order valence-electron chi connectivity index (χ4n) is 4.25. The molecule has 2 amide bonds. The molecule has 2 heterocycles. The average molecular weight is 465 g/mol. The van der Waals surface area contributed by atoms with Crippen LogP contribution in [0.15, 0.2) is 71.3 Å². The van der Waals surface area contributed by atoms with Gasteiger partial charge in [0.25, 0.3) is 0 Å². The van der Waals surface area contributed by atoms with Gasteiger partial charge in [0.05, 0.1) is 12.3 Å². The number of piperazine rings is 1. The van der Waals surface area contributed by atoms with E-state index in [0.29, 0.717) is 6.54 Å². The normalized spacial score (nSPS) is 15.7. The summed E-state index contributed by atoms with van der Waals surface area (Å²) in [6.07, 6.45) is 1.66. The summed E-state index contributed by atoms with van der Waals surface area (Å²) in [5, 5.41) is 5.92. The number of halogens is 1. The molecule has 1 saturated heterocycles. The van der Waals surface area contributed by atoms with Crippen LogP contribution >= 0.6 is 0 Å². The summed E-state index contributed by atoms with van der Waals surface area (Å²) < 4.78 is 19.0. The summed E-state index contributed by atoms with van der Waals surface area (Å²) >= 11 is 0. The lowest BCUT2D eigenvalue weighted by Crippen LogP contribution is -2.50. The Hall–Kier alpha value is -3.32. The van der Waals surface area contributed by atoms with Crippen molar-refractivity contribution in [2.75, 3.05) is 42.9 Å². The summed E-state index contributed by atoms with van der Waals surface area (Å²) in [4.78, 5) is 17.2. The molecule has 0 saturated carbocycles. The molecule has 1 fully saturated rings. The highest BCUT2D eigenvalue weighted by atomic mass is 19.1. The average Bonchev–Trinajstić information content (AvgIpc) is 3.35. The number of nitrogens with one attached hydrogen (secondary N) is 2. The lowest BCUT2D eigenvalue weighted by Gasteiger charge is -2.39. The smallest absolute Gasteiger partial charge is 0.319 e. The number of hydrogen-bond acceptors (Lipinski definition) is 4. The van der Waals surface area contributed by atoms with Crippen LogP contribution in [0.2, 0.25) is 0 Å². The predicted octanol–water partition coefficient (Wildman–Crippen LogP) is 5.40. The molecule has 2 N–H and O–H groups in total. The van der Waals surface area contributed by atoms with Gasteiger partial charge in [-0.3, -0.25) is 4.90 Å². The van der Waals surface area contributed by atoms with E-state index in [4.69, 9.17) is 4.42 Å². The van der Waals surface area contributed by atoms with E-state index < -0.39 is 0 Å². The Morgan fingerprint density at radius 3 is 2.26 bits per heavy atom. The predicted molar refractivity (Wildman–Crippen MR) is 134 cm³/mol. The summed E-state index contributed by atoms with van der Waals surface area (Å²) in [6, 6.07) is 18.1. The van der Waals surface area contributed by atoms with Gasteiger partial charge < -0.3 is 20.0 Å². The third-order valence-electron chi connectivity index (χ3n) is 6.28. The summed E-state index contributed by atoms with van der Waals surface area (Å²) in [7, 11) is 0. The van der Waals surface area contributed by atoms with Gasteiger partial charge in [-0.25, -0.2) is 9.18 Å². The molecule has 1 aromatic heterocycles. The summed E-state index contributed by atoms with van der Waals surface area (Å²) in [6.45, 7) is 10.2. The van der Waals surface area contributed by atoms with E-state index in [-0.39, 0.29) is 23.3 Å². The molecular formula is C27H33FN4O2. The maximum atomic E-state index is 13.3. The van der Waals surface area contributed by atoms with E-state index in [0.717, 1.165) is 43.3 Å². The molecule has 1 aliphatic rings. The van der Waals surface area contributed by atoms with Crippen molar-refractivity contribution in [2.45, 2.75) is 32.2 Å². The molecule has 0 radical (unpaired) electrons. The van der Waals surface area contributed by atoms with Gasteiger partial charge in [0.15, 0.2) is 0 Å². The van der Waals surface area contributed by atoms with Crippen LogP contribution in [0.25, 0.3) is 0 Å². The largest absolute Gasteiger partial charge is 0.468 e. The SMILES string of the molecule is CC(C)(C)c1ccc(NC(=O)NCC(c2ccco2)N2CCN(c3ccc(F)cc3)CC2)cc1. The maximum Gasteiger partial charge on any atom is 0.319 e. The first-order valence-corrected chi connectivity index (χ1v) is 11.7. The first kappa shape index (κ1) is 23.8. The number of amides is 2. The molecule has 1 unspecified atom stereocenters. The number of furan rings is 1. The van der Waals surface area contributed by atoms with Crippen molar-refractivity contribution in [3.63, 3.8) is 0 Å². The van der Waals surface area contributed by atoms with Gasteiger partial charge in [0.1, 0.15) is 11.6 Å². The second-order valence-corrected chi connectivity index (χ2v) is 9.69. The zero-order valence-corrected chi connectivity index (χ0v) is 20.1. The lowest BCUT2D eigenvalue weighted by molar-refractivity contribution is 0.162. The molecule has 0 aliphatic carbocycles. The zero-order valence-electron chi connectivity index (χ0n) is 20.1. The van der Waals surface area contributed by atoms with Crippen molar-refractivity contribution < 1.29 is 13.6 Å². The number of anilines is 2. The molecule has 1 atom stereocenters.